The van der Waals surface area contributed by atoms with Gasteiger partial charge in [0, 0.05) is 38.3 Å². The molecule has 6 heteroatoms. The highest BCUT2D eigenvalue weighted by molar-refractivity contribution is 5.94. The summed E-state index contributed by atoms with van der Waals surface area (Å²) >= 11 is 0. The molecule has 2 heterocycles. The van der Waals surface area contributed by atoms with E-state index in [4.69, 9.17) is 4.74 Å². The lowest BCUT2D eigenvalue weighted by atomic mass is 10.0. The maximum atomic E-state index is 13.3. The van der Waals surface area contributed by atoms with Gasteiger partial charge >= 0.3 is 0 Å². The summed E-state index contributed by atoms with van der Waals surface area (Å²) in [5.74, 6) is -2.13. The van der Waals surface area contributed by atoms with Crippen LogP contribution in [0.4, 0.5) is 8.78 Å². The van der Waals surface area contributed by atoms with E-state index in [2.05, 4.69) is 4.98 Å². The molecule has 1 amide bonds. The van der Waals surface area contributed by atoms with Gasteiger partial charge in [-0.05, 0) is 35.7 Å². The average Bonchev–Trinajstić information content (AvgIpc) is 2.61. The molecular formula is C19H20F2N2O2. The molecule has 0 N–H and O–H groups in total. The van der Waals surface area contributed by atoms with Crippen molar-refractivity contribution in [3.05, 3.63) is 59.4 Å². The minimum atomic E-state index is -2.66. The summed E-state index contributed by atoms with van der Waals surface area (Å²) in [6.07, 6.45) is 3.25. The molecule has 132 valence electrons. The second-order valence-corrected chi connectivity index (χ2v) is 6.26. The number of likely N-dealkylation sites (tertiary alicyclic amines) is 1. The summed E-state index contributed by atoms with van der Waals surface area (Å²) in [5.41, 5.74) is 2.37. The van der Waals surface area contributed by atoms with E-state index in [1.54, 1.807) is 19.4 Å². The van der Waals surface area contributed by atoms with E-state index in [1.807, 2.05) is 24.3 Å². The van der Waals surface area contributed by atoms with Crippen molar-refractivity contribution in [3.8, 4) is 5.75 Å². The van der Waals surface area contributed by atoms with Crippen molar-refractivity contribution in [3.63, 3.8) is 0 Å². The Morgan fingerprint density at radius 3 is 2.68 bits per heavy atom. The van der Waals surface area contributed by atoms with Crippen LogP contribution in [-0.4, -0.2) is 41.9 Å². The van der Waals surface area contributed by atoms with Crippen molar-refractivity contribution in [1.29, 1.82) is 0 Å². The van der Waals surface area contributed by atoms with E-state index in [0.717, 1.165) is 16.9 Å². The highest BCUT2D eigenvalue weighted by Crippen LogP contribution is 2.28. The number of piperidine rings is 1. The van der Waals surface area contributed by atoms with Gasteiger partial charge in [0.15, 0.2) is 0 Å². The molecule has 0 radical (unpaired) electrons. The Bertz CT molecular complexity index is 755. The molecular weight excluding hydrogens is 326 g/mol. The normalized spacial score (nSPS) is 16.5. The molecule has 0 atom stereocenters. The summed E-state index contributed by atoms with van der Waals surface area (Å²) in [6.45, 7) is 0.151. The van der Waals surface area contributed by atoms with Crippen molar-refractivity contribution in [2.24, 2.45) is 0 Å². The number of benzene rings is 1. The first-order chi connectivity index (χ1) is 12.0. The maximum absolute atomic E-state index is 13.3. The lowest BCUT2D eigenvalue weighted by Gasteiger charge is -2.31. The van der Waals surface area contributed by atoms with Gasteiger partial charge in [-0.25, -0.2) is 8.78 Å². The van der Waals surface area contributed by atoms with Crippen LogP contribution in [0.15, 0.2) is 42.7 Å². The smallest absolute Gasteiger partial charge is 0.255 e. The largest absolute Gasteiger partial charge is 0.497 e. The number of halogens is 2. The van der Waals surface area contributed by atoms with Crippen LogP contribution >= 0.6 is 0 Å². The first-order valence-electron chi connectivity index (χ1n) is 8.21. The number of aromatic nitrogens is 1. The number of rotatable bonds is 4. The first kappa shape index (κ1) is 17.3. The van der Waals surface area contributed by atoms with Crippen molar-refractivity contribution < 1.29 is 18.3 Å². The molecule has 1 aliphatic heterocycles. The monoisotopic (exact) mass is 346 g/mol. The van der Waals surface area contributed by atoms with Crippen LogP contribution in [0, 0.1) is 0 Å². The predicted octanol–water partition coefficient (Wildman–Crippen LogP) is 3.55. The van der Waals surface area contributed by atoms with E-state index in [1.165, 1.54) is 11.1 Å². The zero-order valence-electron chi connectivity index (χ0n) is 14.0. The predicted molar refractivity (Wildman–Crippen MR) is 90.1 cm³/mol. The summed E-state index contributed by atoms with van der Waals surface area (Å²) in [5, 5.41) is 0. The Balaban J connectivity index is 1.71. The summed E-state index contributed by atoms with van der Waals surface area (Å²) in [4.78, 5) is 18.2. The van der Waals surface area contributed by atoms with Gasteiger partial charge in [0.25, 0.3) is 11.8 Å². The number of carbonyl (C=O) groups excluding carboxylic acids is 1. The molecule has 1 aromatic heterocycles. The number of amides is 1. The molecule has 1 aliphatic rings. The number of ether oxygens (including phenoxy) is 1. The maximum Gasteiger partial charge on any atom is 0.255 e. The van der Waals surface area contributed by atoms with Gasteiger partial charge in [0.1, 0.15) is 5.75 Å². The fourth-order valence-corrected chi connectivity index (χ4v) is 2.94. The Labute approximate surface area is 145 Å². The molecule has 1 fully saturated rings. The number of hydrogen-bond donors (Lipinski definition) is 0. The molecule has 0 spiro atoms. The number of methoxy groups -OCH3 is 1. The molecule has 0 bridgehead atoms. The van der Waals surface area contributed by atoms with Gasteiger partial charge < -0.3 is 9.64 Å². The third kappa shape index (κ3) is 4.32. The van der Waals surface area contributed by atoms with E-state index in [9.17, 15) is 13.6 Å². The van der Waals surface area contributed by atoms with Crippen molar-refractivity contribution in [1.82, 2.24) is 9.88 Å². The molecule has 2 aromatic rings. The lowest BCUT2D eigenvalue weighted by molar-refractivity contribution is -0.0494. The number of carbonyl (C=O) groups is 1. The molecule has 3 rings (SSSR count). The standard InChI is InChI=1S/C19H20F2N2O2/c1-25-17-4-2-3-14(11-17)9-15-10-16(13-22-12-15)18(24)23-7-5-19(20,21)6-8-23/h2-4,10-13H,5-9H2,1H3. The van der Waals surface area contributed by atoms with Crippen molar-refractivity contribution >= 4 is 5.91 Å². The van der Waals surface area contributed by atoms with E-state index < -0.39 is 5.92 Å². The fourth-order valence-electron chi connectivity index (χ4n) is 2.94. The second-order valence-electron chi connectivity index (χ2n) is 6.26. The fraction of sp³-hybridized carbons (Fsp3) is 0.368. The van der Waals surface area contributed by atoms with E-state index in [-0.39, 0.29) is 31.8 Å². The second kappa shape index (κ2) is 7.17. The van der Waals surface area contributed by atoms with Crippen LogP contribution in [-0.2, 0) is 6.42 Å². The quantitative estimate of drug-likeness (QED) is 0.850. The SMILES string of the molecule is COc1cccc(Cc2cncc(C(=O)N3CCC(F)(F)CC3)c2)c1. The zero-order chi connectivity index (χ0) is 17.9. The Morgan fingerprint density at radius 1 is 1.20 bits per heavy atom. The summed E-state index contributed by atoms with van der Waals surface area (Å²) < 4.78 is 31.7. The van der Waals surface area contributed by atoms with Gasteiger partial charge in [0.2, 0.25) is 0 Å². The van der Waals surface area contributed by atoms with Crippen LogP contribution in [0.1, 0.15) is 34.3 Å². The Morgan fingerprint density at radius 2 is 1.96 bits per heavy atom. The molecule has 0 saturated carbocycles. The highest BCUT2D eigenvalue weighted by atomic mass is 19.3. The number of hydrogen-bond acceptors (Lipinski definition) is 3. The number of nitrogens with zero attached hydrogens (tertiary/aromatic N) is 2. The van der Waals surface area contributed by atoms with E-state index >= 15 is 0 Å². The van der Waals surface area contributed by atoms with Crippen LogP contribution in [0.25, 0.3) is 0 Å². The van der Waals surface area contributed by atoms with Gasteiger partial charge in [0.05, 0.1) is 12.7 Å². The topological polar surface area (TPSA) is 42.4 Å². The van der Waals surface area contributed by atoms with Crippen LogP contribution < -0.4 is 4.74 Å². The minimum absolute atomic E-state index is 0.0753. The molecule has 1 saturated heterocycles. The molecule has 0 aliphatic carbocycles. The van der Waals surface area contributed by atoms with Gasteiger partial charge in [-0.2, -0.15) is 0 Å². The third-order valence-electron chi connectivity index (χ3n) is 4.37. The molecule has 25 heavy (non-hydrogen) atoms. The zero-order valence-corrected chi connectivity index (χ0v) is 14.0. The van der Waals surface area contributed by atoms with Gasteiger partial charge in [-0.3, -0.25) is 9.78 Å². The number of alkyl halides is 2. The summed E-state index contributed by atoms with van der Waals surface area (Å²) in [7, 11) is 1.61. The Kier molecular flexibility index (Phi) is 4.97. The first-order valence-corrected chi connectivity index (χ1v) is 8.21. The lowest BCUT2D eigenvalue weighted by Crippen LogP contribution is -2.42. The van der Waals surface area contributed by atoms with Crippen LogP contribution in [0.3, 0.4) is 0 Å². The van der Waals surface area contributed by atoms with Crippen LogP contribution in [0.2, 0.25) is 0 Å². The third-order valence-corrected chi connectivity index (χ3v) is 4.37. The summed E-state index contributed by atoms with van der Waals surface area (Å²) in [6, 6.07) is 9.46. The highest BCUT2D eigenvalue weighted by Gasteiger charge is 2.35. The molecule has 4 nitrogen and oxygen atoms in total. The van der Waals surface area contributed by atoms with Crippen molar-refractivity contribution in [2.75, 3.05) is 20.2 Å². The van der Waals surface area contributed by atoms with Gasteiger partial charge in [-0.15, -0.1) is 0 Å². The van der Waals surface area contributed by atoms with Crippen LogP contribution in [0.5, 0.6) is 5.75 Å². The minimum Gasteiger partial charge on any atom is -0.497 e. The molecule has 0 unspecified atom stereocenters. The number of pyridine rings is 1. The Hall–Kier alpha value is -2.50. The van der Waals surface area contributed by atoms with Gasteiger partial charge in [-0.1, -0.05) is 12.1 Å². The van der Waals surface area contributed by atoms with E-state index in [0.29, 0.717) is 12.0 Å². The van der Waals surface area contributed by atoms with Crippen molar-refractivity contribution in [2.45, 2.75) is 25.2 Å². The molecule has 1 aromatic carbocycles. The average molecular weight is 346 g/mol.